The zero-order valence-electron chi connectivity index (χ0n) is 24.2. The SMILES string of the molecule is COc1cc(C(F)(F)F)cc2nc(NC(=O)N(Cc3ccc(C(=O)N=C(N)N=N)cc3)c3ccc(C4CCCCC4)cc3)sc12. The van der Waals surface area contributed by atoms with Crippen molar-refractivity contribution in [3.63, 3.8) is 0 Å². The number of nitrogens with two attached hydrogens (primary N) is 1. The monoisotopic (exact) mass is 637 g/mol. The Hall–Kier alpha value is -4.85. The van der Waals surface area contributed by atoms with Gasteiger partial charge in [-0.15, -0.1) is 5.11 Å². The van der Waals surface area contributed by atoms with Gasteiger partial charge >= 0.3 is 12.2 Å². The predicted octanol–water partition coefficient (Wildman–Crippen LogP) is 8.10. The maximum Gasteiger partial charge on any atom is 0.416 e. The third-order valence-electron chi connectivity index (χ3n) is 7.62. The summed E-state index contributed by atoms with van der Waals surface area (Å²) in [6.07, 6.45) is 1.26. The Kier molecular flexibility index (Phi) is 9.42. The van der Waals surface area contributed by atoms with Gasteiger partial charge in [0.2, 0.25) is 5.96 Å². The van der Waals surface area contributed by atoms with Crippen molar-refractivity contribution in [3.8, 4) is 5.75 Å². The van der Waals surface area contributed by atoms with Crippen molar-refractivity contribution < 1.29 is 27.5 Å². The first-order chi connectivity index (χ1) is 21.5. The lowest BCUT2D eigenvalue weighted by atomic mass is 9.84. The van der Waals surface area contributed by atoms with Gasteiger partial charge in [-0.3, -0.25) is 15.0 Å². The van der Waals surface area contributed by atoms with E-state index in [2.05, 4.69) is 20.4 Å². The van der Waals surface area contributed by atoms with E-state index in [1.165, 1.54) is 49.0 Å². The minimum atomic E-state index is -4.59. The molecule has 4 N–H and O–H groups in total. The van der Waals surface area contributed by atoms with Gasteiger partial charge in [0.1, 0.15) is 5.75 Å². The Labute approximate surface area is 260 Å². The van der Waals surface area contributed by atoms with E-state index in [4.69, 9.17) is 16.0 Å². The Bertz CT molecular complexity index is 1730. The van der Waals surface area contributed by atoms with Gasteiger partial charge in [0.15, 0.2) is 5.13 Å². The molecule has 1 aromatic heterocycles. The topological polar surface area (TPSA) is 146 Å². The van der Waals surface area contributed by atoms with Crippen molar-refractivity contribution in [3.05, 3.63) is 82.9 Å². The predicted molar refractivity (Wildman–Crippen MR) is 166 cm³/mol. The lowest BCUT2D eigenvalue weighted by molar-refractivity contribution is -0.137. The number of thiazole rings is 1. The fourth-order valence-corrected chi connectivity index (χ4v) is 6.23. The Morgan fingerprint density at radius 1 is 1.09 bits per heavy atom. The molecule has 0 atom stereocenters. The number of nitrogens with one attached hydrogen (secondary N) is 2. The second-order valence-corrected chi connectivity index (χ2v) is 11.6. The molecule has 0 aliphatic heterocycles. The molecule has 10 nitrogen and oxygen atoms in total. The summed E-state index contributed by atoms with van der Waals surface area (Å²) in [5.74, 6) is -0.655. The molecule has 0 unspecified atom stereocenters. The van der Waals surface area contributed by atoms with Gasteiger partial charge in [-0.2, -0.15) is 18.2 Å². The quantitative estimate of drug-likeness (QED) is 0.106. The van der Waals surface area contributed by atoms with Crippen LogP contribution in [0.1, 0.15) is 65.1 Å². The normalized spacial score (nSPS) is 14.3. The summed E-state index contributed by atoms with van der Waals surface area (Å²) in [4.78, 5) is 35.3. The minimum Gasteiger partial charge on any atom is -0.495 e. The molecule has 14 heteroatoms. The highest BCUT2D eigenvalue weighted by molar-refractivity contribution is 7.22. The van der Waals surface area contributed by atoms with E-state index in [9.17, 15) is 22.8 Å². The average molecular weight is 638 g/mol. The van der Waals surface area contributed by atoms with Crippen LogP contribution in [0.4, 0.5) is 28.8 Å². The summed E-state index contributed by atoms with van der Waals surface area (Å²) in [6, 6.07) is 15.4. The van der Waals surface area contributed by atoms with Gasteiger partial charge in [0, 0.05) is 11.3 Å². The fourth-order valence-electron chi connectivity index (χ4n) is 5.30. The summed E-state index contributed by atoms with van der Waals surface area (Å²) in [7, 11) is 1.27. The van der Waals surface area contributed by atoms with Crippen molar-refractivity contribution in [2.24, 2.45) is 15.8 Å². The lowest BCUT2D eigenvalue weighted by Crippen LogP contribution is -2.34. The number of rotatable bonds is 7. The lowest BCUT2D eigenvalue weighted by Gasteiger charge is -2.25. The number of aliphatic imine (C=N–C) groups is 1. The molecule has 1 aliphatic rings. The Balaban J connectivity index is 1.43. The molecule has 4 aromatic rings. The van der Waals surface area contributed by atoms with Gasteiger partial charge in [0.25, 0.3) is 5.91 Å². The van der Waals surface area contributed by atoms with E-state index in [1.54, 1.807) is 12.1 Å². The van der Waals surface area contributed by atoms with Crippen molar-refractivity contribution >= 4 is 50.3 Å². The summed E-state index contributed by atoms with van der Waals surface area (Å²) >= 11 is 1.00. The number of fused-ring (bicyclic) bond motifs is 1. The number of guanidine groups is 1. The smallest absolute Gasteiger partial charge is 0.416 e. The molecular weight excluding hydrogens is 607 g/mol. The number of carbonyl (C=O) groups excluding carboxylic acids is 2. The number of nitrogens with zero attached hydrogens (tertiary/aromatic N) is 4. The number of aromatic nitrogens is 1. The second-order valence-electron chi connectivity index (χ2n) is 10.6. The van der Waals surface area contributed by atoms with Crippen LogP contribution >= 0.6 is 11.3 Å². The molecular formula is C31H30F3N7O3S. The van der Waals surface area contributed by atoms with Crippen LogP contribution < -0.4 is 20.7 Å². The summed E-state index contributed by atoms with van der Waals surface area (Å²) in [6.45, 7) is 0.100. The molecule has 1 aliphatic carbocycles. The molecule has 1 saturated carbocycles. The van der Waals surface area contributed by atoms with Gasteiger partial charge in [0.05, 0.1) is 29.4 Å². The zero-order chi connectivity index (χ0) is 32.1. The van der Waals surface area contributed by atoms with Crippen molar-refractivity contribution in [1.29, 1.82) is 5.53 Å². The number of hydrogen-bond acceptors (Lipinski definition) is 6. The van der Waals surface area contributed by atoms with Crippen LogP contribution in [-0.2, 0) is 12.7 Å². The number of anilines is 2. The van der Waals surface area contributed by atoms with Crippen LogP contribution in [0.25, 0.3) is 10.2 Å². The fraction of sp³-hybridized carbons (Fsp3) is 0.290. The van der Waals surface area contributed by atoms with E-state index >= 15 is 0 Å². The average Bonchev–Trinajstić information content (AvgIpc) is 3.45. The summed E-state index contributed by atoms with van der Waals surface area (Å²) in [5, 5.41) is 5.76. The van der Waals surface area contributed by atoms with Gasteiger partial charge in [-0.1, -0.05) is 54.9 Å². The number of alkyl halides is 3. The first-order valence-electron chi connectivity index (χ1n) is 14.1. The number of hydrogen-bond donors (Lipinski definition) is 3. The van der Waals surface area contributed by atoms with Crippen molar-refractivity contribution in [1.82, 2.24) is 4.98 Å². The van der Waals surface area contributed by atoms with Crippen LogP contribution in [0.15, 0.2) is 70.8 Å². The maximum absolute atomic E-state index is 13.7. The number of ether oxygens (including phenoxy) is 1. The van der Waals surface area contributed by atoms with Gasteiger partial charge in [-0.05, 0) is 66.3 Å². The Morgan fingerprint density at radius 2 is 1.78 bits per heavy atom. The first kappa shape index (κ1) is 31.6. The highest BCUT2D eigenvalue weighted by Gasteiger charge is 2.32. The molecule has 1 fully saturated rings. The molecule has 1 heterocycles. The van der Waals surface area contributed by atoms with Gasteiger partial charge in [-0.25, -0.2) is 15.3 Å². The molecule has 3 amide bonds. The minimum absolute atomic E-state index is 0.00473. The summed E-state index contributed by atoms with van der Waals surface area (Å²) in [5.41, 5.74) is 14.1. The van der Waals surface area contributed by atoms with Crippen LogP contribution in [0.3, 0.4) is 0 Å². The van der Waals surface area contributed by atoms with E-state index < -0.39 is 29.6 Å². The highest BCUT2D eigenvalue weighted by Crippen LogP contribution is 2.40. The van der Waals surface area contributed by atoms with Crippen molar-refractivity contribution in [2.75, 3.05) is 17.3 Å². The van der Waals surface area contributed by atoms with Crippen LogP contribution in [0, 0.1) is 5.53 Å². The second kappa shape index (κ2) is 13.4. The third kappa shape index (κ3) is 7.45. The largest absolute Gasteiger partial charge is 0.495 e. The molecule has 0 spiro atoms. The molecule has 0 bridgehead atoms. The Morgan fingerprint density at radius 3 is 2.40 bits per heavy atom. The van der Waals surface area contributed by atoms with Gasteiger partial charge < -0.3 is 10.5 Å². The van der Waals surface area contributed by atoms with E-state index in [0.717, 1.165) is 36.3 Å². The number of urea groups is 1. The van der Waals surface area contributed by atoms with E-state index in [-0.39, 0.29) is 28.5 Å². The number of methoxy groups -OCH3 is 1. The van der Waals surface area contributed by atoms with Crippen LogP contribution in [-0.4, -0.2) is 30.0 Å². The van der Waals surface area contributed by atoms with E-state index in [0.29, 0.717) is 21.9 Å². The van der Waals surface area contributed by atoms with Crippen molar-refractivity contribution in [2.45, 2.75) is 50.7 Å². The number of carbonyl (C=O) groups is 2. The molecule has 5 rings (SSSR count). The highest BCUT2D eigenvalue weighted by atomic mass is 32.1. The zero-order valence-corrected chi connectivity index (χ0v) is 25.0. The number of halogens is 3. The third-order valence-corrected chi connectivity index (χ3v) is 8.62. The molecule has 0 radical (unpaired) electrons. The van der Waals surface area contributed by atoms with E-state index in [1.807, 2.05) is 24.3 Å². The van der Waals surface area contributed by atoms with Crippen LogP contribution in [0.2, 0.25) is 0 Å². The summed E-state index contributed by atoms with van der Waals surface area (Å²) < 4.78 is 45.9. The number of benzene rings is 3. The molecule has 234 valence electrons. The molecule has 45 heavy (non-hydrogen) atoms. The molecule has 0 saturated heterocycles. The molecule has 3 aromatic carbocycles. The first-order valence-corrected chi connectivity index (χ1v) is 15.0. The number of amides is 3. The standard InChI is InChI=1S/C31H30F3N7O3S/c1-44-25-16-22(31(32,33)34)15-24-26(25)45-29(37-24)39-30(43)41(23-13-11-20(12-14-23)19-5-3-2-4-6-19)17-18-7-9-21(10-8-18)27(42)38-28(35)40-36/h7-16,19,36H,2-6,17H2,1H3,(H2,35,38,42)(H,37,39,43). The van der Waals surface area contributed by atoms with Crippen LogP contribution in [0.5, 0.6) is 5.75 Å². The maximum atomic E-state index is 13.7.